The third kappa shape index (κ3) is 7.94. The second-order valence-corrected chi connectivity index (χ2v) is 10.2. The maximum atomic E-state index is 14.4. The van der Waals surface area contributed by atoms with E-state index in [1.807, 2.05) is 19.1 Å². The number of carbonyl (C=O) groups is 2. The SMILES string of the molecule is Cc1ccc(CNC(=O)c2nnc(CCCCn3ccc(NC(=O)OC(C)(C)C)c(F)c3=O)s2)cn1. The van der Waals surface area contributed by atoms with Crippen molar-refractivity contribution in [2.24, 2.45) is 0 Å². The molecule has 0 fully saturated rings. The number of hydrogen-bond donors (Lipinski definition) is 2. The zero-order valence-electron chi connectivity index (χ0n) is 20.6. The van der Waals surface area contributed by atoms with E-state index in [9.17, 15) is 18.8 Å². The zero-order valence-corrected chi connectivity index (χ0v) is 21.4. The number of halogens is 1. The first-order valence-electron chi connectivity index (χ1n) is 11.4. The highest BCUT2D eigenvalue weighted by atomic mass is 32.1. The van der Waals surface area contributed by atoms with Gasteiger partial charge in [-0.1, -0.05) is 17.4 Å². The largest absolute Gasteiger partial charge is 0.444 e. The van der Waals surface area contributed by atoms with Gasteiger partial charge in [-0.2, -0.15) is 4.39 Å². The summed E-state index contributed by atoms with van der Waals surface area (Å²) in [6, 6.07) is 5.10. The molecule has 36 heavy (non-hydrogen) atoms. The molecule has 2 amide bonds. The topological polar surface area (TPSA) is 128 Å². The quantitative estimate of drug-likeness (QED) is 0.414. The predicted molar refractivity (Wildman–Crippen MR) is 134 cm³/mol. The summed E-state index contributed by atoms with van der Waals surface area (Å²) in [7, 11) is 0. The molecule has 2 N–H and O–H groups in total. The summed E-state index contributed by atoms with van der Waals surface area (Å²) in [6.45, 7) is 7.58. The minimum absolute atomic E-state index is 0.233. The smallest absolute Gasteiger partial charge is 0.412 e. The highest BCUT2D eigenvalue weighted by Gasteiger charge is 2.19. The average Bonchev–Trinajstić information content (AvgIpc) is 3.28. The van der Waals surface area contributed by atoms with E-state index >= 15 is 0 Å². The first-order chi connectivity index (χ1) is 17.0. The number of hydrogen-bond acceptors (Lipinski definition) is 8. The Bertz CT molecular complexity index is 1270. The Morgan fingerprint density at radius 1 is 1.17 bits per heavy atom. The summed E-state index contributed by atoms with van der Waals surface area (Å²) in [6.07, 6.45) is 4.12. The Labute approximate surface area is 211 Å². The first-order valence-corrected chi connectivity index (χ1v) is 12.2. The number of rotatable bonds is 9. The maximum absolute atomic E-state index is 14.4. The van der Waals surface area contributed by atoms with Gasteiger partial charge >= 0.3 is 6.09 Å². The van der Waals surface area contributed by atoms with Crippen LogP contribution in [-0.4, -0.2) is 37.3 Å². The molecule has 0 spiro atoms. The summed E-state index contributed by atoms with van der Waals surface area (Å²) in [5.74, 6) is -1.36. The molecule has 0 aliphatic heterocycles. The summed E-state index contributed by atoms with van der Waals surface area (Å²) in [5.41, 5.74) is -0.0160. The Hall–Kier alpha value is -3.67. The monoisotopic (exact) mass is 516 g/mol. The van der Waals surface area contributed by atoms with Gasteiger partial charge in [-0.05, 0) is 58.2 Å². The van der Waals surface area contributed by atoms with E-state index in [1.165, 1.54) is 28.2 Å². The van der Waals surface area contributed by atoms with Crippen molar-refractivity contribution in [1.82, 2.24) is 25.1 Å². The molecule has 0 aliphatic rings. The van der Waals surface area contributed by atoms with Crippen molar-refractivity contribution in [3.05, 3.63) is 68.0 Å². The van der Waals surface area contributed by atoms with E-state index in [2.05, 4.69) is 25.8 Å². The van der Waals surface area contributed by atoms with Gasteiger partial charge in [0.15, 0.2) is 0 Å². The molecule has 0 saturated heterocycles. The fourth-order valence-electron chi connectivity index (χ4n) is 3.10. The van der Waals surface area contributed by atoms with Gasteiger partial charge in [-0.3, -0.25) is 19.9 Å². The molecule has 3 heterocycles. The molecule has 3 aromatic heterocycles. The second kappa shape index (κ2) is 11.8. The maximum Gasteiger partial charge on any atom is 0.412 e. The molecule has 0 radical (unpaired) electrons. The lowest BCUT2D eigenvalue weighted by molar-refractivity contribution is 0.0635. The number of nitrogens with one attached hydrogen (secondary N) is 2. The van der Waals surface area contributed by atoms with Gasteiger partial charge in [-0.15, -0.1) is 10.2 Å². The Morgan fingerprint density at radius 2 is 1.94 bits per heavy atom. The standard InChI is InChI=1S/C24H29FN6O4S/c1-15-8-9-16(13-26-15)14-27-20(32)21-30-29-18(36-21)7-5-6-11-31-12-10-17(19(25)22(31)33)28-23(34)35-24(2,3)4/h8-10,12-13H,5-7,11,14H2,1-4H3,(H,27,32)(H,28,34). The van der Waals surface area contributed by atoms with E-state index in [1.54, 1.807) is 27.0 Å². The van der Waals surface area contributed by atoms with E-state index < -0.39 is 23.1 Å². The number of carbonyl (C=O) groups excluding carboxylic acids is 2. The molecular weight excluding hydrogens is 487 g/mol. The number of nitrogens with zero attached hydrogens (tertiary/aromatic N) is 4. The van der Waals surface area contributed by atoms with Crippen molar-refractivity contribution < 1.29 is 18.7 Å². The number of unbranched alkanes of at least 4 members (excludes halogenated alkanes) is 1. The lowest BCUT2D eigenvalue weighted by atomic mass is 10.2. The van der Waals surface area contributed by atoms with Gasteiger partial charge in [0.1, 0.15) is 10.6 Å². The van der Waals surface area contributed by atoms with Crippen molar-refractivity contribution in [3.8, 4) is 0 Å². The lowest BCUT2D eigenvalue weighted by Crippen LogP contribution is -2.29. The van der Waals surface area contributed by atoms with Crippen LogP contribution in [0.1, 0.15) is 59.7 Å². The number of aromatic nitrogens is 4. The van der Waals surface area contributed by atoms with Crippen LogP contribution in [0.2, 0.25) is 0 Å². The van der Waals surface area contributed by atoms with Gasteiger partial charge in [0.2, 0.25) is 10.8 Å². The highest BCUT2D eigenvalue weighted by Crippen LogP contribution is 2.15. The molecule has 0 unspecified atom stereocenters. The third-order valence-electron chi connectivity index (χ3n) is 4.87. The van der Waals surface area contributed by atoms with Gasteiger partial charge in [0, 0.05) is 37.6 Å². The number of anilines is 1. The minimum Gasteiger partial charge on any atom is -0.444 e. The molecule has 3 aromatic rings. The number of pyridine rings is 2. The molecule has 0 saturated carbocycles. The van der Waals surface area contributed by atoms with Crippen LogP contribution >= 0.6 is 11.3 Å². The van der Waals surface area contributed by atoms with Crippen LogP contribution in [0.4, 0.5) is 14.9 Å². The second-order valence-electron chi connectivity index (χ2n) is 9.12. The van der Waals surface area contributed by atoms with Crippen molar-refractivity contribution in [2.75, 3.05) is 5.32 Å². The third-order valence-corrected chi connectivity index (χ3v) is 5.85. The lowest BCUT2D eigenvalue weighted by Gasteiger charge is -2.19. The van der Waals surface area contributed by atoms with Gasteiger partial charge in [0.25, 0.3) is 11.5 Å². The molecule has 0 aliphatic carbocycles. The molecule has 0 bridgehead atoms. The van der Waals surface area contributed by atoms with Crippen molar-refractivity contribution in [3.63, 3.8) is 0 Å². The van der Waals surface area contributed by atoms with Crippen LogP contribution in [0.25, 0.3) is 0 Å². The van der Waals surface area contributed by atoms with Crippen LogP contribution in [0.3, 0.4) is 0 Å². The molecule has 192 valence electrons. The van der Waals surface area contributed by atoms with Crippen LogP contribution in [-0.2, 0) is 24.2 Å². The van der Waals surface area contributed by atoms with Crippen molar-refractivity contribution in [2.45, 2.75) is 65.6 Å². The van der Waals surface area contributed by atoms with Crippen LogP contribution in [0.15, 0.2) is 35.4 Å². The van der Waals surface area contributed by atoms with E-state index in [-0.39, 0.29) is 16.6 Å². The molecule has 0 atom stereocenters. The Balaban J connectivity index is 1.45. The number of ether oxygens (including phenoxy) is 1. The summed E-state index contributed by atoms with van der Waals surface area (Å²) >= 11 is 1.21. The molecule has 10 nitrogen and oxygen atoms in total. The van der Waals surface area contributed by atoms with Gasteiger partial charge in [-0.25, -0.2) is 4.79 Å². The van der Waals surface area contributed by atoms with E-state index in [0.29, 0.717) is 37.4 Å². The zero-order chi connectivity index (χ0) is 26.3. The van der Waals surface area contributed by atoms with E-state index in [4.69, 9.17) is 4.74 Å². The highest BCUT2D eigenvalue weighted by molar-refractivity contribution is 7.13. The summed E-state index contributed by atoms with van der Waals surface area (Å²) in [4.78, 5) is 40.6. The van der Waals surface area contributed by atoms with Crippen molar-refractivity contribution in [1.29, 1.82) is 0 Å². The fraction of sp³-hybridized carbons (Fsp3) is 0.417. The normalized spacial score (nSPS) is 11.2. The van der Waals surface area contributed by atoms with Crippen molar-refractivity contribution >= 4 is 29.0 Å². The van der Waals surface area contributed by atoms with Gasteiger partial charge in [0.05, 0.1) is 5.69 Å². The number of aryl methyl sites for hydroxylation is 3. The van der Waals surface area contributed by atoms with Crippen LogP contribution in [0.5, 0.6) is 0 Å². The molecular formula is C24H29FN6O4S. The average molecular weight is 517 g/mol. The predicted octanol–water partition coefficient (Wildman–Crippen LogP) is 3.84. The molecule has 12 heteroatoms. The Morgan fingerprint density at radius 3 is 2.64 bits per heavy atom. The molecule has 0 aromatic carbocycles. The Kier molecular flexibility index (Phi) is 8.86. The van der Waals surface area contributed by atoms with Crippen LogP contribution < -0.4 is 16.2 Å². The van der Waals surface area contributed by atoms with Crippen LogP contribution in [0, 0.1) is 12.7 Å². The summed E-state index contributed by atoms with van der Waals surface area (Å²) < 4.78 is 20.8. The fourth-order valence-corrected chi connectivity index (χ4v) is 3.90. The molecule has 3 rings (SSSR count). The summed E-state index contributed by atoms with van der Waals surface area (Å²) in [5, 5.41) is 14.0. The number of amides is 2. The first kappa shape index (κ1) is 26.9. The van der Waals surface area contributed by atoms with Gasteiger partial charge < -0.3 is 14.6 Å². The van der Waals surface area contributed by atoms with E-state index in [0.717, 1.165) is 11.3 Å². The minimum atomic E-state index is -1.05.